The summed E-state index contributed by atoms with van der Waals surface area (Å²) in [5.74, 6) is 0.557. The van der Waals surface area contributed by atoms with Gasteiger partial charge in [-0.2, -0.15) is 0 Å². The third-order valence-corrected chi connectivity index (χ3v) is 5.30. The van der Waals surface area contributed by atoms with Crippen LogP contribution in [-0.4, -0.2) is 78.2 Å². The molecule has 1 unspecified atom stereocenters. The van der Waals surface area contributed by atoms with E-state index < -0.39 is 0 Å². The highest BCUT2D eigenvalue weighted by Gasteiger charge is 2.52. The van der Waals surface area contributed by atoms with Crippen molar-refractivity contribution in [3.05, 3.63) is 17.8 Å². The third-order valence-electron chi connectivity index (χ3n) is 5.30. The van der Waals surface area contributed by atoms with Gasteiger partial charge in [-0.15, -0.1) is 0 Å². The number of morpholine rings is 1. The number of likely N-dealkylation sites (tertiary alicyclic amines) is 1. The van der Waals surface area contributed by atoms with Crippen LogP contribution in [-0.2, 0) is 14.3 Å². The van der Waals surface area contributed by atoms with Crippen LogP contribution in [0.4, 0.5) is 0 Å². The van der Waals surface area contributed by atoms with Crippen molar-refractivity contribution >= 4 is 11.8 Å². The monoisotopic (exact) mass is 349 g/mol. The second-order valence-electron chi connectivity index (χ2n) is 7.19. The second kappa shape index (κ2) is 6.42. The maximum absolute atomic E-state index is 12.4. The molecule has 3 saturated heterocycles. The summed E-state index contributed by atoms with van der Waals surface area (Å²) in [5, 5.41) is 0. The summed E-state index contributed by atoms with van der Waals surface area (Å²) >= 11 is 0. The number of aryl methyl sites for hydroxylation is 1. The van der Waals surface area contributed by atoms with Gasteiger partial charge in [0.15, 0.2) is 6.39 Å². The van der Waals surface area contributed by atoms with Crippen molar-refractivity contribution in [1.82, 2.24) is 14.8 Å². The molecule has 0 aliphatic carbocycles. The predicted octanol–water partition coefficient (Wildman–Crippen LogP) is 0.463. The van der Waals surface area contributed by atoms with Gasteiger partial charge in [0, 0.05) is 19.5 Å². The Morgan fingerprint density at radius 2 is 2.04 bits per heavy atom. The summed E-state index contributed by atoms with van der Waals surface area (Å²) in [6.07, 6.45) is 2.62. The average molecular weight is 349 g/mol. The van der Waals surface area contributed by atoms with Gasteiger partial charge in [0.1, 0.15) is 5.60 Å². The zero-order chi connectivity index (χ0) is 17.4. The molecule has 25 heavy (non-hydrogen) atoms. The largest absolute Gasteiger partial charge is 0.438 e. The molecule has 0 saturated carbocycles. The average Bonchev–Trinajstić information content (AvgIpc) is 3.20. The van der Waals surface area contributed by atoms with Crippen LogP contribution in [0.5, 0.6) is 0 Å². The maximum atomic E-state index is 12.4. The second-order valence-corrected chi connectivity index (χ2v) is 7.19. The normalized spacial score (nSPS) is 25.2. The third kappa shape index (κ3) is 3.16. The van der Waals surface area contributed by atoms with E-state index in [0.29, 0.717) is 63.9 Å². The Morgan fingerprint density at radius 1 is 1.28 bits per heavy atom. The Hall–Kier alpha value is -1.93. The van der Waals surface area contributed by atoms with Crippen LogP contribution >= 0.6 is 0 Å². The van der Waals surface area contributed by atoms with Gasteiger partial charge < -0.3 is 23.7 Å². The summed E-state index contributed by atoms with van der Waals surface area (Å²) in [7, 11) is 0. The van der Waals surface area contributed by atoms with Crippen molar-refractivity contribution in [2.75, 3.05) is 46.0 Å². The number of hydrogen-bond acceptors (Lipinski definition) is 6. The molecule has 0 radical (unpaired) electrons. The van der Waals surface area contributed by atoms with E-state index in [4.69, 9.17) is 13.9 Å². The molecule has 1 aromatic rings. The Balaban J connectivity index is 1.28. The molecule has 1 spiro atoms. The van der Waals surface area contributed by atoms with Gasteiger partial charge in [-0.25, -0.2) is 4.98 Å². The molecule has 4 heterocycles. The van der Waals surface area contributed by atoms with Crippen LogP contribution < -0.4 is 0 Å². The maximum Gasteiger partial charge on any atom is 0.291 e. The summed E-state index contributed by atoms with van der Waals surface area (Å²) < 4.78 is 16.4. The van der Waals surface area contributed by atoms with Crippen molar-refractivity contribution in [3.63, 3.8) is 0 Å². The summed E-state index contributed by atoms with van der Waals surface area (Å²) in [4.78, 5) is 32.3. The van der Waals surface area contributed by atoms with Crippen molar-refractivity contribution in [2.24, 2.45) is 5.92 Å². The first kappa shape index (κ1) is 16.5. The summed E-state index contributed by atoms with van der Waals surface area (Å²) in [6.45, 7) is 6.03. The van der Waals surface area contributed by atoms with E-state index in [-0.39, 0.29) is 23.3 Å². The number of ether oxygens (including phenoxy) is 2. The SMILES string of the molecule is Cc1ncoc1C(=O)N1CC2(CC(CC(=O)N3CCOCC3)CO2)C1. The first-order valence-electron chi connectivity index (χ1n) is 8.75. The Labute approximate surface area is 146 Å². The molecule has 0 N–H and O–H groups in total. The number of amides is 2. The molecule has 136 valence electrons. The van der Waals surface area contributed by atoms with Gasteiger partial charge in [-0.1, -0.05) is 0 Å². The fourth-order valence-corrected chi connectivity index (χ4v) is 3.92. The highest BCUT2D eigenvalue weighted by molar-refractivity contribution is 5.93. The van der Waals surface area contributed by atoms with E-state index in [1.807, 2.05) is 4.90 Å². The quantitative estimate of drug-likeness (QED) is 0.788. The van der Waals surface area contributed by atoms with Crippen LogP contribution in [0.3, 0.4) is 0 Å². The Morgan fingerprint density at radius 3 is 2.72 bits per heavy atom. The number of rotatable bonds is 3. The molecule has 0 bridgehead atoms. The minimum absolute atomic E-state index is 0.142. The molecular weight excluding hydrogens is 326 g/mol. The molecule has 1 atom stereocenters. The standard InChI is InChI=1S/C17H23N3O5/c1-12-15(24-11-18-12)16(22)20-9-17(10-20)7-13(8-25-17)6-14(21)19-2-4-23-5-3-19/h11,13H,2-10H2,1H3. The van der Waals surface area contributed by atoms with Gasteiger partial charge in [0.25, 0.3) is 5.91 Å². The number of hydrogen-bond donors (Lipinski definition) is 0. The zero-order valence-electron chi connectivity index (χ0n) is 14.4. The number of aromatic nitrogens is 1. The molecule has 3 aliphatic heterocycles. The smallest absolute Gasteiger partial charge is 0.291 e. The van der Waals surface area contributed by atoms with Crippen LogP contribution in [0.25, 0.3) is 0 Å². The molecule has 2 amide bonds. The molecule has 0 aromatic carbocycles. The van der Waals surface area contributed by atoms with Gasteiger partial charge in [-0.05, 0) is 19.3 Å². The van der Waals surface area contributed by atoms with Crippen molar-refractivity contribution < 1.29 is 23.5 Å². The van der Waals surface area contributed by atoms with Gasteiger partial charge >= 0.3 is 0 Å². The molecule has 3 aliphatic rings. The van der Waals surface area contributed by atoms with Gasteiger partial charge in [0.2, 0.25) is 11.7 Å². The Kier molecular flexibility index (Phi) is 4.24. The highest BCUT2D eigenvalue weighted by atomic mass is 16.5. The molecule has 8 heteroatoms. The van der Waals surface area contributed by atoms with E-state index in [1.54, 1.807) is 11.8 Å². The number of carbonyl (C=O) groups is 2. The lowest BCUT2D eigenvalue weighted by Gasteiger charge is -2.46. The topological polar surface area (TPSA) is 85.1 Å². The van der Waals surface area contributed by atoms with Crippen molar-refractivity contribution in [3.8, 4) is 0 Å². The van der Waals surface area contributed by atoms with E-state index >= 15 is 0 Å². The highest BCUT2D eigenvalue weighted by Crippen LogP contribution is 2.40. The van der Waals surface area contributed by atoms with E-state index in [2.05, 4.69) is 4.98 Å². The number of oxazole rings is 1. The summed E-state index contributed by atoms with van der Waals surface area (Å²) in [5.41, 5.74) is 0.312. The van der Waals surface area contributed by atoms with Gasteiger partial charge in [0.05, 0.1) is 38.6 Å². The lowest BCUT2D eigenvalue weighted by Crippen LogP contribution is -2.63. The van der Waals surface area contributed by atoms with Crippen LogP contribution in [0.15, 0.2) is 10.8 Å². The van der Waals surface area contributed by atoms with E-state index in [9.17, 15) is 9.59 Å². The lowest BCUT2D eigenvalue weighted by atomic mass is 9.85. The lowest BCUT2D eigenvalue weighted by molar-refractivity contribution is -0.136. The summed E-state index contributed by atoms with van der Waals surface area (Å²) in [6, 6.07) is 0. The number of nitrogens with zero attached hydrogens (tertiary/aromatic N) is 3. The Bertz CT molecular complexity index is 661. The fourth-order valence-electron chi connectivity index (χ4n) is 3.92. The van der Waals surface area contributed by atoms with E-state index in [0.717, 1.165) is 6.42 Å². The fraction of sp³-hybridized carbons (Fsp3) is 0.706. The first-order chi connectivity index (χ1) is 12.1. The minimum Gasteiger partial charge on any atom is -0.438 e. The molecule has 1 aromatic heterocycles. The molecule has 4 rings (SSSR count). The number of carbonyl (C=O) groups excluding carboxylic acids is 2. The predicted molar refractivity (Wildman–Crippen MR) is 85.9 cm³/mol. The van der Waals surface area contributed by atoms with Crippen molar-refractivity contribution in [2.45, 2.75) is 25.4 Å². The van der Waals surface area contributed by atoms with Crippen molar-refractivity contribution in [1.29, 1.82) is 0 Å². The van der Waals surface area contributed by atoms with E-state index in [1.165, 1.54) is 6.39 Å². The first-order valence-corrected chi connectivity index (χ1v) is 8.75. The van der Waals surface area contributed by atoms with Crippen LogP contribution in [0.2, 0.25) is 0 Å². The van der Waals surface area contributed by atoms with Crippen LogP contribution in [0, 0.1) is 12.8 Å². The van der Waals surface area contributed by atoms with Crippen LogP contribution in [0.1, 0.15) is 29.1 Å². The zero-order valence-corrected chi connectivity index (χ0v) is 14.4. The molecular formula is C17H23N3O5. The molecule has 8 nitrogen and oxygen atoms in total. The van der Waals surface area contributed by atoms with Gasteiger partial charge in [-0.3, -0.25) is 9.59 Å². The molecule has 3 fully saturated rings. The minimum atomic E-state index is -0.292.